The van der Waals surface area contributed by atoms with Crippen molar-refractivity contribution in [3.63, 3.8) is 0 Å². The van der Waals surface area contributed by atoms with Gasteiger partial charge >= 0.3 is 0 Å². The summed E-state index contributed by atoms with van der Waals surface area (Å²) in [5.74, 6) is 0.763. The first-order valence-corrected chi connectivity index (χ1v) is 5.48. The molecule has 14 heavy (non-hydrogen) atoms. The zero-order chi connectivity index (χ0) is 10.6. The van der Waals surface area contributed by atoms with Crippen LogP contribution >= 0.6 is 15.9 Å². The fraction of sp³-hybridized carbons (Fsp3) is 0.455. The standard InChI is InChI=1S/C11H14BrFO/c1-3-9-5-4-6-14-11(9)10(12)7-8(2)13/h4-5,7-8H,3,6H2,1-2H3/b10-7+. The highest BCUT2D eigenvalue weighted by atomic mass is 79.9. The number of hydrogen-bond donors (Lipinski definition) is 0. The van der Waals surface area contributed by atoms with E-state index in [1.807, 2.05) is 19.1 Å². The highest BCUT2D eigenvalue weighted by molar-refractivity contribution is 9.11. The summed E-state index contributed by atoms with van der Waals surface area (Å²) in [5, 5.41) is 0. The van der Waals surface area contributed by atoms with E-state index in [-0.39, 0.29) is 0 Å². The molecule has 0 radical (unpaired) electrons. The van der Waals surface area contributed by atoms with E-state index in [1.165, 1.54) is 13.0 Å². The lowest BCUT2D eigenvalue weighted by molar-refractivity contribution is 0.251. The second-order valence-electron chi connectivity index (χ2n) is 3.11. The van der Waals surface area contributed by atoms with E-state index in [1.54, 1.807) is 0 Å². The van der Waals surface area contributed by atoms with Crippen LogP contribution in [0.3, 0.4) is 0 Å². The number of ether oxygens (including phenoxy) is 1. The lowest BCUT2D eigenvalue weighted by Crippen LogP contribution is -2.03. The molecule has 1 nitrogen and oxygen atoms in total. The summed E-state index contributed by atoms with van der Waals surface area (Å²) in [5.41, 5.74) is 1.10. The summed E-state index contributed by atoms with van der Waals surface area (Å²) in [6.07, 6.45) is 5.40. The molecule has 0 saturated carbocycles. The molecule has 0 aromatic rings. The van der Waals surface area contributed by atoms with Gasteiger partial charge in [-0.3, -0.25) is 0 Å². The van der Waals surface area contributed by atoms with Crippen LogP contribution in [0.2, 0.25) is 0 Å². The zero-order valence-corrected chi connectivity index (χ0v) is 9.97. The van der Waals surface area contributed by atoms with Gasteiger partial charge in [-0.2, -0.15) is 0 Å². The quantitative estimate of drug-likeness (QED) is 0.749. The molecule has 0 fully saturated rings. The second kappa shape index (κ2) is 5.35. The van der Waals surface area contributed by atoms with Crippen LogP contribution in [0.5, 0.6) is 0 Å². The maximum Gasteiger partial charge on any atom is 0.136 e. The van der Waals surface area contributed by atoms with E-state index < -0.39 is 6.17 Å². The summed E-state index contributed by atoms with van der Waals surface area (Å²) >= 11 is 3.33. The van der Waals surface area contributed by atoms with Crippen molar-refractivity contribution < 1.29 is 9.13 Å². The van der Waals surface area contributed by atoms with Crippen molar-refractivity contribution in [2.45, 2.75) is 26.4 Å². The van der Waals surface area contributed by atoms with Crippen LogP contribution in [-0.4, -0.2) is 12.8 Å². The van der Waals surface area contributed by atoms with Crippen LogP contribution in [0.15, 0.2) is 34.0 Å². The third-order valence-corrected chi connectivity index (χ3v) is 2.53. The molecule has 0 aromatic heterocycles. The average Bonchev–Trinajstić information content (AvgIpc) is 2.16. The maximum absolute atomic E-state index is 12.7. The van der Waals surface area contributed by atoms with Crippen LogP contribution < -0.4 is 0 Å². The Kier molecular flexibility index (Phi) is 4.39. The minimum atomic E-state index is -0.968. The van der Waals surface area contributed by atoms with Gasteiger partial charge in [-0.1, -0.05) is 13.0 Å². The highest BCUT2D eigenvalue weighted by Crippen LogP contribution is 2.27. The van der Waals surface area contributed by atoms with Crippen molar-refractivity contribution in [1.82, 2.24) is 0 Å². The molecule has 1 aliphatic rings. The van der Waals surface area contributed by atoms with Gasteiger partial charge in [0.2, 0.25) is 0 Å². The van der Waals surface area contributed by atoms with Gasteiger partial charge in [0.15, 0.2) is 0 Å². The van der Waals surface area contributed by atoms with E-state index in [0.29, 0.717) is 11.1 Å². The van der Waals surface area contributed by atoms with Crippen molar-refractivity contribution in [3.8, 4) is 0 Å². The molecule has 0 spiro atoms. The number of alkyl halides is 1. The molecule has 0 amide bonds. The van der Waals surface area contributed by atoms with E-state index in [0.717, 1.165) is 17.8 Å². The Balaban J connectivity index is 2.93. The molecule has 1 unspecified atom stereocenters. The van der Waals surface area contributed by atoms with E-state index in [9.17, 15) is 4.39 Å². The van der Waals surface area contributed by atoms with Crippen LogP contribution in [-0.2, 0) is 4.74 Å². The Labute approximate surface area is 92.5 Å². The Morgan fingerprint density at radius 2 is 2.50 bits per heavy atom. The van der Waals surface area contributed by atoms with E-state index in [4.69, 9.17) is 4.74 Å². The van der Waals surface area contributed by atoms with Gasteiger partial charge in [0, 0.05) is 0 Å². The largest absolute Gasteiger partial charge is 0.488 e. The number of allylic oxidation sites excluding steroid dienone is 4. The molecule has 0 saturated heterocycles. The Morgan fingerprint density at radius 3 is 3.07 bits per heavy atom. The van der Waals surface area contributed by atoms with E-state index >= 15 is 0 Å². The Morgan fingerprint density at radius 1 is 1.79 bits per heavy atom. The first kappa shape index (κ1) is 11.5. The Bertz CT molecular complexity index is 290. The van der Waals surface area contributed by atoms with Crippen LogP contribution in [0.1, 0.15) is 20.3 Å². The lowest BCUT2D eigenvalue weighted by atomic mass is 10.1. The Hall–Kier alpha value is -0.570. The summed E-state index contributed by atoms with van der Waals surface area (Å²) < 4.78 is 18.9. The predicted octanol–water partition coefficient (Wildman–Crippen LogP) is 3.87. The van der Waals surface area contributed by atoms with Crippen molar-refractivity contribution in [3.05, 3.63) is 34.0 Å². The van der Waals surface area contributed by atoms with Crippen molar-refractivity contribution in [1.29, 1.82) is 0 Å². The normalized spacial score (nSPS) is 19.6. The fourth-order valence-corrected chi connectivity index (χ4v) is 2.00. The number of rotatable bonds is 3. The van der Waals surface area contributed by atoms with Crippen LogP contribution in [0.4, 0.5) is 4.39 Å². The molecule has 0 aromatic carbocycles. The average molecular weight is 261 g/mol. The van der Waals surface area contributed by atoms with Gasteiger partial charge < -0.3 is 4.74 Å². The molecular weight excluding hydrogens is 247 g/mol. The van der Waals surface area contributed by atoms with Gasteiger partial charge in [-0.25, -0.2) is 4.39 Å². The molecular formula is C11H14BrFO. The zero-order valence-electron chi connectivity index (χ0n) is 8.39. The highest BCUT2D eigenvalue weighted by Gasteiger charge is 2.12. The van der Waals surface area contributed by atoms with Crippen molar-refractivity contribution in [2.75, 3.05) is 6.61 Å². The minimum absolute atomic E-state index is 0.558. The molecule has 1 heterocycles. The van der Waals surface area contributed by atoms with Gasteiger partial charge in [0.25, 0.3) is 0 Å². The SMILES string of the molecule is CCC1=C(/C(Br)=C\C(C)F)OCC=C1. The monoisotopic (exact) mass is 260 g/mol. The third kappa shape index (κ3) is 2.98. The maximum atomic E-state index is 12.7. The van der Waals surface area contributed by atoms with Gasteiger partial charge in [0.1, 0.15) is 18.5 Å². The fourth-order valence-electron chi connectivity index (χ4n) is 1.27. The lowest BCUT2D eigenvalue weighted by Gasteiger charge is -2.16. The molecule has 78 valence electrons. The number of halogens is 2. The first-order valence-electron chi connectivity index (χ1n) is 4.69. The molecule has 0 aliphatic carbocycles. The second-order valence-corrected chi connectivity index (χ2v) is 3.97. The third-order valence-electron chi connectivity index (χ3n) is 1.91. The van der Waals surface area contributed by atoms with Gasteiger partial charge in [0.05, 0.1) is 4.48 Å². The van der Waals surface area contributed by atoms with Gasteiger partial charge in [-0.05, 0) is 47.0 Å². The summed E-state index contributed by atoms with van der Waals surface area (Å²) in [6.45, 7) is 4.10. The molecule has 0 bridgehead atoms. The molecule has 1 atom stereocenters. The predicted molar refractivity (Wildman–Crippen MR) is 60.0 cm³/mol. The number of hydrogen-bond acceptors (Lipinski definition) is 1. The van der Waals surface area contributed by atoms with Crippen molar-refractivity contribution in [2.24, 2.45) is 0 Å². The van der Waals surface area contributed by atoms with E-state index in [2.05, 4.69) is 15.9 Å². The molecule has 3 heteroatoms. The smallest absolute Gasteiger partial charge is 0.136 e. The van der Waals surface area contributed by atoms with Gasteiger partial charge in [-0.15, -0.1) is 0 Å². The first-order chi connectivity index (χ1) is 6.65. The van der Waals surface area contributed by atoms with Crippen molar-refractivity contribution >= 4 is 15.9 Å². The summed E-state index contributed by atoms with van der Waals surface area (Å²) in [4.78, 5) is 0. The topological polar surface area (TPSA) is 9.23 Å². The molecule has 0 N–H and O–H groups in total. The summed E-state index contributed by atoms with van der Waals surface area (Å²) in [6, 6.07) is 0. The molecule has 1 rings (SSSR count). The molecule has 1 aliphatic heterocycles. The van der Waals surface area contributed by atoms with Crippen LogP contribution in [0.25, 0.3) is 0 Å². The minimum Gasteiger partial charge on any atom is -0.488 e. The van der Waals surface area contributed by atoms with Crippen LogP contribution in [0, 0.1) is 0 Å². The summed E-state index contributed by atoms with van der Waals surface area (Å²) in [7, 11) is 0.